The highest BCUT2D eigenvalue weighted by Gasteiger charge is 2.17. The highest BCUT2D eigenvalue weighted by atomic mass is 79.9. The van der Waals surface area contributed by atoms with E-state index < -0.39 is 0 Å². The second-order valence-corrected chi connectivity index (χ2v) is 10.3. The number of aromatic nitrogens is 2. The van der Waals surface area contributed by atoms with Crippen LogP contribution in [0.5, 0.6) is 17.2 Å². The van der Waals surface area contributed by atoms with Gasteiger partial charge >= 0.3 is 0 Å². The molecule has 0 aliphatic heterocycles. The van der Waals surface area contributed by atoms with Crippen LogP contribution in [-0.2, 0) is 6.61 Å². The molecule has 1 atom stereocenters. The van der Waals surface area contributed by atoms with E-state index in [1.165, 1.54) is 4.68 Å². The summed E-state index contributed by atoms with van der Waals surface area (Å²) in [6.07, 6.45) is 2.38. The zero-order valence-corrected chi connectivity index (χ0v) is 24.4. The summed E-state index contributed by atoms with van der Waals surface area (Å²) in [5.74, 6) is 1.92. The van der Waals surface area contributed by atoms with Crippen LogP contribution in [0.2, 0.25) is 10.0 Å². The SMILES string of the molecule is CC[C@@H](C)c1nc2ccc(Br)cc2c(=O)n1N=Cc1cc(OC)c(OCc2ccc(Cl)c(Cl)c2)c(OC)c1. The maximum Gasteiger partial charge on any atom is 0.282 e. The normalized spacial score (nSPS) is 12.2. The van der Waals surface area contributed by atoms with Crippen LogP contribution in [0.4, 0.5) is 0 Å². The van der Waals surface area contributed by atoms with Crippen molar-refractivity contribution in [3.8, 4) is 17.2 Å². The largest absolute Gasteiger partial charge is 0.493 e. The molecular formula is C28H26BrCl2N3O4. The zero-order valence-electron chi connectivity index (χ0n) is 21.3. The molecule has 4 aromatic rings. The van der Waals surface area contributed by atoms with Gasteiger partial charge < -0.3 is 14.2 Å². The van der Waals surface area contributed by atoms with Crippen molar-refractivity contribution in [3.63, 3.8) is 0 Å². The Kier molecular flexibility index (Phi) is 8.97. The van der Waals surface area contributed by atoms with Crippen LogP contribution in [0.15, 0.2) is 62.9 Å². The van der Waals surface area contributed by atoms with Crippen molar-refractivity contribution in [1.82, 2.24) is 9.66 Å². The summed E-state index contributed by atoms with van der Waals surface area (Å²) in [5, 5.41) is 5.93. The molecule has 0 aliphatic carbocycles. The molecule has 4 rings (SSSR count). The predicted octanol–water partition coefficient (Wildman–Crippen LogP) is 7.46. The molecule has 0 saturated heterocycles. The van der Waals surface area contributed by atoms with Gasteiger partial charge in [-0.05, 0) is 54.4 Å². The molecule has 198 valence electrons. The van der Waals surface area contributed by atoms with Crippen LogP contribution in [0.25, 0.3) is 10.9 Å². The van der Waals surface area contributed by atoms with Gasteiger partial charge in [0, 0.05) is 16.0 Å². The fourth-order valence-electron chi connectivity index (χ4n) is 3.81. The quantitative estimate of drug-likeness (QED) is 0.182. The van der Waals surface area contributed by atoms with Crippen molar-refractivity contribution < 1.29 is 14.2 Å². The number of ether oxygens (including phenoxy) is 3. The minimum atomic E-state index is -0.247. The summed E-state index contributed by atoms with van der Waals surface area (Å²) >= 11 is 15.6. The molecule has 0 spiro atoms. The summed E-state index contributed by atoms with van der Waals surface area (Å²) < 4.78 is 19.3. The molecule has 0 radical (unpaired) electrons. The summed E-state index contributed by atoms with van der Waals surface area (Å²) in [4.78, 5) is 18.2. The first-order valence-electron chi connectivity index (χ1n) is 11.8. The monoisotopic (exact) mass is 617 g/mol. The highest BCUT2D eigenvalue weighted by molar-refractivity contribution is 9.10. The van der Waals surface area contributed by atoms with Gasteiger partial charge in [0.2, 0.25) is 5.75 Å². The van der Waals surface area contributed by atoms with Gasteiger partial charge in [-0.2, -0.15) is 9.78 Å². The van der Waals surface area contributed by atoms with E-state index in [1.54, 1.807) is 50.8 Å². The summed E-state index contributed by atoms with van der Waals surface area (Å²) in [7, 11) is 3.08. The van der Waals surface area contributed by atoms with Crippen molar-refractivity contribution in [2.45, 2.75) is 32.8 Å². The standard InChI is InChI=1S/C28H26BrCl2N3O4/c1-5-16(2)27-33-23-9-7-19(29)13-20(23)28(35)34(27)32-14-18-11-24(36-3)26(25(12-18)37-4)38-15-17-6-8-21(30)22(31)10-17/h6-14,16H,5,15H2,1-4H3/t16-/m1/s1. The molecule has 0 saturated carbocycles. The minimum Gasteiger partial charge on any atom is -0.493 e. The molecule has 1 heterocycles. The van der Waals surface area contributed by atoms with E-state index >= 15 is 0 Å². The van der Waals surface area contributed by atoms with Crippen LogP contribution in [-0.4, -0.2) is 30.1 Å². The molecule has 0 bridgehead atoms. The summed E-state index contributed by atoms with van der Waals surface area (Å²) in [6.45, 7) is 4.29. The van der Waals surface area contributed by atoms with Gasteiger partial charge in [0.1, 0.15) is 12.4 Å². The molecule has 0 N–H and O–H groups in total. The van der Waals surface area contributed by atoms with E-state index in [9.17, 15) is 4.79 Å². The molecule has 0 unspecified atom stereocenters. The third-order valence-corrected chi connectivity index (χ3v) is 7.29. The molecular weight excluding hydrogens is 593 g/mol. The number of benzene rings is 3. The van der Waals surface area contributed by atoms with E-state index in [4.69, 9.17) is 42.4 Å². The van der Waals surface area contributed by atoms with Gasteiger partial charge in [-0.1, -0.05) is 59.0 Å². The van der Waals surface area contributed by atoms with Crippen molar-refractivity contribution in [1.29, 1.82) is 0 Å². The fourth-order valence-corrected chi connectivity index (χ4v) is 4.49. The zero-order chi connectivity index (χ0) is 27.4. The van der Waals surface area contributed by atoms with Crippen molar-refractivity contribution >= 4 is 56.2 Å². The summed E-state index contributed by atoms with van der Waals surface area (Å²) in [5.41, 5.74) is 1.87. The fraction of sp³-hybridized carbons (Fsp3) is 0.250. The number of nitrogens with zero attached hydrogens (tertiary/aromatic N) is 3. The number of fused-ring (bicyclic) bond motifs is 1. The molecule has 1 aromatic heterocycles. The molecule has 3 aromatic carbocycles. The van der Waals surface area contributed by atoms with Crippen molar-refractivity contribution in [2.75, 3.05) is 14.2 Å². The molecule has 0 aliphatic rings. The second kappa shape index (κ2) is 12.2. The number of hydrogen-bond donors (Lipinski definition) is 0. The molecule has 10 heteroatoms. The van der Waals surface area contributed by atoms with Crippen LogP contribution < -0.4 is 19.8 Å². The Balaban J connectivity index is 1.72. The smallest absolute Gasteiger partial charge is 0.282 e. The van der Waals surface area contributed by atoms with Crippen LogP contribution >= 0.6 is 39.1 Å². The Morgan fingerprint density at radius 2 is 1.76 bits per heavy atom. The molecule has 38 heavy (non-hydrogen) atoms. The predicted molar refractivity (Wildman–Crippen MR) is 156 cm³/mol. The van der Waals surface area contributed by atoms with Crippen LogP contribution in [0, 0.1) is 0 Å². The summed E-state index contributed by atoms with van der Waals surface area (Å²) in [6, 6.07) is 14.3. The Morgan fingerprint density at radius 1 is 1.05 bits per heavy atom. The minimum absolute atomic E-state index is 0.0223. The van der Waals surface area contributed by atoms with Crippen molar-refractivity contribution in [3.05, 3.63) is 90.4 Å². The Labute approximate surface area is 239 Å². The van der Waals surface area contributed by atoms with Gasteiger partial charge in [0.25, 0.3) is 5.56 Å². The average Bonchev–Trinajstić information content (AvgIpc) is 2.92. The first-order chi connectivity index (χ1) is 18.2. The van der Waals surface area contributed by atoms with Gasteiger partial charge in [-0.15, -0.1) is 0 Å². The molecule has 0 fully saturated rings. The lowest BCUT2D eigenvalue weighted by atomic mass is 10.1. The van der Waals surface area contributed by atoms with Gasteiger partial charge in [-0.3, -0.25) is 4.79 Å². The lowest BCUT2D eigenvalue weighted by Crippen LogP contribution is -2.23. The average molecular weight is 619 g/mol. The lowest BCUT2D eigenvalue weighted by Gasteiger charge is -2.16. The number of hydrogen-bond acceptors (Lipinski definition) is 6. The van der Waals surface area contributed by atoms with E-state index in [0.29, 0.717) is 49.6 Å². The van der Waals surface area contributed by atoms with E-state index in [2.05, 4.69) is 21.0 Å². The third kappa shape index (κ3) is 5.98. The topological polar surface area (TPSA) is 74.9 Å². The second-order valence-electron chi connectivity index (χ2n) is 8.59. The van der Waals surface area contributed by atoms with Gasteiger partial charge in [-0.25, -0.2) is 4.98 Å². The first-order valence-corrected chi connectivity index (χ1v) is 13.4. The van der Waals surface area contributed by atoms with Gasteiger partial charge in [0.15, 0.2) is 11.5 Å². The van der Waals surface area contributed by atoms with E-state index in [1.807, 2.05) is 32.0 Å². The van der Waals surface area contributed by atoms with Crippen LogP contribution in [0.3, 0.4) is 0 Å². The van der Waals surface area contributed by atoms with Crippen molar-refractivity contribution in [2.24, 2.45) is 5.10 Å². The van der Waals surface area contributed by atoms with Crippen LogP contribution in [0.1, 0.15) is 43.1 Å². The first kappa shape index (κ1) is 28.0. The number of halogens is 3. The maximum absolute atomic E-state index is 13.4. The van der Waals surface area contributed by atoms with E-state index in [-0.39, 0.29) is 18.1 Å². The Morgan fingerprint density at radius 3 is 2.39 bits per heavy atom. The highest BCUT2D eigenvalue weighted by Crippen LogP contribution is 2.39. The Bertz CT molecular complexity index is 1550. The third-order valence-electron chi connectivity index (χ3n) is 6.06. The number of rotatable bonds is 9. The molecule has 0 amide bonds. The van der Waals surface area contributed by atoms with E-state index in [0.717, 1.165) is 16.5 Å². The molecule has 7 nitrogen and oxygen atoms in total. The Hall–Kier alpha value is -3.07. The van der Waals surface area contributed by atoms with Gasteiger partial charge in [0.05, 0.1) is 41.4 Å². The number of methoxy groups -OCH3 is 2. The lowest BCUT2D eigenvalue weighted by molar-refractivity contribution is 0.266. The maximum atomic E-state index is 13.4.